The van der Waals surface area contributed by atoms with Crippen LogP contribution >= 0.6 is 0 Å². The van der Waals surface area contributed by atoms with E-state index in [0.29, 0.717) is 11.1 Å². The lowest BCUT2D eigenvalue weighted by Crippen LogP contribution is -2.26. The van der Waals surface area contributed by atoms with Crippen LogP contribution in [0.25, 0.3) is 11.4 Å². The number of nitrogens with zero attached hydrogens (tertiary/aromatic N) is 3. The molecule has 4 nitrogen and oxygen atoms in total. The predicted molar refractivity (Wildman–Crippen MR) is 62.6 cm³/mol. The fourth-order valence-corrected chi connectivity index (χ4v) is 2.35. The summed E-state index contributed by atoms with van der Waals surface area (Å²) < 4.78 is 20.5. The van der Waals surface area contributed by atoms with Gasteiger partial charge in [0.2, 0.25) is 5.88 Å². The lowest BCUT2D eigenvalue weighted by atomic mass is 10.1. The van der Waals surface area contributed by atoms with Crippen molar-refractivity contribution in [2.24, 2.45) is 5.41 Å². The summed E-state index contributed by atoms with van der Waals surface area (Å²) >= 11 is 0. The smallest absolute Gasteiger partial charge is 0.212 e. The van der Waals surface area contributed by atoms with Gasteiger partial charge in [-0.2, -0.15) is 5.10 Å². The Balaban J connectivity index is 1.71. The lowest BCUT2D eigenvalue weighted by Gasteiger charge is -2.22. The Labute approximate surface area is 103 Å². The molecule has 4 rings (SSSR count). The fourth-order valence-electron chi connectivity index (χ4n) is 2.35. The van der Waals surface area contributed by atoms with Gasteiger partial charge in [0.15, 0.2) is 0 Å². The van der Waals surface area contributed by atoms with Gasteiger partial charge in [-0.25, -0.2) is 9.07 Å². The molecule has 0 amide bonds. The maximum Gasteiger partial charge on any atom is 0.212 e. The van der Waals surface area contributed by atoms with Gasteiger partial charge in [-0.3, -0.25) is 4.98 Å². The van der Waals surface area contributed by atoms with E-state index in [1.165, 1.54) is 25.1 Å². The summed E-state index contributed by atoms with van der Waals surface area (Å²) in [6.07, 6.45) is 3.64. The molecule has 0 bridgehead atoms. The van der Waals surface area contributed by atoms with E-state index in [2.05, 4.69) is 10.1 Å². The molecule has 2 aliphatic rings. The highest BCUT2D eigenvalue weighted by atomic mass is 19.1. The van der Waals surface area contributed by atoms with E-state index in [-0.39, 0.29) is 5.82 Å². The van der Waals surface area contributed by atoms with Crippen LogP contribution in [0.1, 0.15) is 12.8 Å². The third kappa shape index (κ3) is 1.50. The second-order valence-corrected chi connectivity index (χ2v) is 5.18. The van der Waals surface area contributed by atoms with E-state index in [1.54, 1.807) is 6.07 Å². The molecule has 0 unspecified atom stereocenters. The molecule has 1 aliphatic carbocycles. The summed E-state index contributed by atoms with van der Waals surface area (Å²) in [5.74, 6) is 0.449. The maximum absolute atomic E-state index is 12.8. The van der Waals surface area contributed by atoms with Gasteiger partial charge in [-0.05, 0) is 25.0 Å². The molecule has 0 saturated heterocycles. The molecule has 2 aromatic rings. The Morgan fingerprint density at radius 1 is 1.28 bits per heavy atom. The number of hydrogen-bond donors (Lipinski definition) is 0. The van der Waals surface area contributed by atoms with Crippen molar-refractivity contribution >= 4 is 0 Å². The van der Waals surface area contributed by atoms with Crippen molar-refractivity contribution in [2.75, 3.05) is 6.61 Å². The van der Waals surface area contributed by atoms with Crippen LogP contribution in [-0.2, 0) is 6.54 Å². The first kappa shape index (κ1) is 10.1. The monoisotopic (exact) mass is 245 g/mol. The van der Waals surface area contributed by atoms with E-state index in [4.69, 9.17) is 4.74 Å². The number of rotatable bonds is 1. The summed E-state index contributed by atoms with van der Waals surface area (Å²) in [5, 5.41) is 4.49. The molecule has 5 heteroatoms. The number of halogens is 1. The average Bonchev–Trinajstić information content (AvgIpc) is 2.99. The maximum atomic E-state index is 12.8. The highest BCUT2D eigenvalue weighted by Gasteiger charge is 2.47. The topological polar surface area (TPSA) is 39.9 Å². The van der Waals surface area contributed by atoms with Crippen LogP contribution in [0.3, 0.4) is 0 Å². The summed E-state index contributed by atoms with van der Waals surface area (Å²) in [5.41, 5.74) is 1.74. The van der Waals surface area contributed by atoms with Crippen LogP contribution in [0, 0.1) is 11.2 Å². The van der Waals surface area contributed by atoms with Gasteiger partial charge in [0.05, 0.1) is 25.0 Å². The molecule has 92 valence electrons. The highest BCUT2D eigenvalue weighted by Crippen LogP contribution is 2.50. The molecular weight excluding hydrogens is 233 g/mol. The van der Waals surface area contributed by atoms with Crippen molar-refractivity contribution in [1.29, 1.82) is 0 Å². The Hall–Kier alpha value is -1.91. The van der Waals surface area contributed by atoms with Crippen molar-refractivity contribution in [2.45, 2.75) is 19.4 Å². The summed E-state index contributed by atoms with van der Waals surface area (Å²) in [6, 6.07) is 4.90. The Morgan fingerprint density at radius 3 is 2.89 bits per heavy atom. The third-order valence-electron chi connectivity index (χ3n) is 3.70. The number of pyridine rings is 1. The number of aromatic nitrogens is 3. The van der Waals surface area contributed by atoms with Gasteiger partial charge in [-0.1, -0.05) is 0 Å². The van der Waals surface area contributed by atoms with Crippen LogP contribution in [0.15, 0.2) is 24.4 Å². The Bertz CT molecular complexity index is 601. The highest BCUT2D eigenvalue weighted by molar-refractivity contribution is 5.55. The van der Waals surface area contributed by atoms with Crippen LogP contribution in [0.2, 0.25) is 0 Å². The molecule has 0 radical (unpaired) electrons. The van der Waals surface area contributed by atoms with E-state index in [0.717, 1.165) is 24.7 Å². The van der Waals surface area contributed by atoms with Crippen molar-refractivity contribution in [3.05, 3.63) is 30.2 Å². The van der Waals surface area contributed by atoms with Crippen LogP contribution < -0.4 is 4.74 Å². The van der Waals surface area contributed by atoms with Crippen molar-refractivity contribution in [3.63, 3.8) is 0 Å². The minimum absolute atomic E-state index is 0.326. The quantitative estimate of drug-likeness (QED) is 0.773. The van der Waals surface area contributed by atoms with Crippen molar-refractivity contribution in [1.82, 2.24) is 14.8 Å². The Morgan fingerprint density at radius 2 is 2.17 bits per heavy atom. The average molecular weight is 245 g/mol. The van der Waals surface area contributed by atoms with Crippen molar-refractivity contribution < 1.29 is 9.13 Å². The minimum Gasteiger partial charge on any atom is -0.477 e. The van der Waals surface area contributed by atoms with Gasteiger partial charge in [-0.15, -0.1) is 0 Å². The largest absolute Gasteiger partial charge is 0.477 e. The lowest BCUT2D eigenvalue weighted by molar-refractivity contribution is 0.149. The molecule has 0 N–H and O–H groups in total. The third-order valence-corrected chi connectivity index (χ3v) is 3.70. The van der Waals surface area contributed by atoms with Crippen LogP contribution in [0.4, 0.5) is 4.39 Å². The standard InChI is InChI=1S/C13H12FN3O/c14-9-1-2-10(15-6-9)11-5-12-17(16-11)7-13(3-4-13)8-18-12/h1-2,5-6H,3-4,7-8H2. The molecular formula is C13H12FN3O. The molecule has 1 aliphatic heterocycles. The molecule has 18 heavy (non-hydrogen) atoms. The van der Waals surface area contributed by atoms with Gasteiger partial charge in [0, 0.05) is 11.5 Å². The molecule has 2 aromatic heterocycles. The normalized spacial score (nSPS) is 19.4. The second kappa shape index (κ2) is 3.31. The van der Waals surface area contributed by atoms with Gasteiger partial charge < -0.3 is 4.74 Å². The first-order valence-electron chi connectivity index (χ1n) is 6.07. The Kier molecular flexibility index (Phi) is 1.85. The van der Waals surface area contributed by atoms with E-state index < -0.39 is 0 Å². The molecule has 0 atom stereocenters. The van der Waals surface area contributed by atoms with Crippen LogP contribution in [0.5, 0.6) is 5.88 Å². The number of fused-ring (bicyclic) bond motifs is 1. The summed E-state index contributed by atoms with van der Waals surface area (Å²) in [7, 11) is 0. The SMILES string of the molecule is Fc1ccc(-c2cc3n(n2)CC2(CC2)CO3)nc1. The molecule has 0 aromatic carbocycles. The molecule has 1 spiro atoms. The van der Waals surface area contributed by atoms with Gasteiger partial charge >= 0.3 is 0 Å². The van der Waals surface area contributed by atoms with E-state index in [9.17, 15) is 4.39 Å². The zero-order valence-corrected chi connectivity index (χ0v) is 9.77. The first-order valence-corrected chi connectivity index (χ1v) is 6.07. The molecule has 1 fully saturated rings. The van der Waals surface area contributed by atoms with Gasteiger partial charge in [0.1, 0.15) is 11.5 Å². The molecule has 1 saturated carbocycles. The van der Waals surface area contributed by atoms with Gasteiger partial charge in [0.25, 0.3) is 0 Å². The second-order valence-electron chi connectivity index (χ2n) is 5.18. The zero-order valence-electron chi connectivity index (χ0n) is 9.77. The minimum atomic E-state index is -0.337. The van der Waals surface area contributed by atoms with Crippen LogP contribution in [-0.4, -0.2) is 21.4 Å². The predicted octanol–water partition coefficient (Wildman–Crippen LogP) is 2.26. The first-order chi connectivity index (χ1) is 8.74. The zero-order chi connectivity index (χ0) is 12.2. The molecule has 3 heterocycles. The summed E-state index contributed by atoms with van der Waals surface area (Å²) in [4.78, 5) is 4.04. The number of ether oxygens (including phenoxy) is 1. The van der Waals surface area contributed by atoms with Crippen molar-refractivity contribution in [3.8, 4) is 17.3 Å². The number of hydrogen-bond acceptors (Lipinski definition) is 3. The summed E-state index contributed by atoms with van der Waals surface area (Å²) in [6.45, 7) is 1.71. The van der Waals surface area contributed by atoms with E-state index in [1.807, 2.05) is 10.7 Å². The fraction of sp³-hybridized carbons (Fsp3) is 0.385. The van der Waals surface area contributed by atoms with E-state index >= 15 is 0 Å².